The van der Waals surface area contributed by atoms with Crippen LogP contribution in [-0.4, -0.2) is 12.1 Å². The van der Waals surface area contributed by atoms with Gasteiger partial charge in [0.15, 0.2) is 0 Å². The van der Waals surface area contributed by atoms with Crippen molar-refractivity contribution in [2.45, 2.75) is 38.8 Å². The van der Waals surface area contributed by atoms with Crippen LogP contribution in [0.3, 0.4) is 0 Å². The second-order valence-electron chi connectivity index (χ2n) is 4.34. The van der Waals surface area contributed by atoms with Crippen LogP contribution in [0.4, 0.5) is 0 Å². The molecule has 0 radical (unpaired) electrons. The smallest absolute Gasteiger partial charge is 0.120 e. The van der Waals surface area contributed by atoms with E-state index >= 15 is 0 Å². The van der Waals surface area contributed by atoms with Crippen molar-refractivity contribution < 1.29 is 4.74 Å². The van der Waals surface area contributed by atoms with Crippen molar-refractivity contribution in [2.75, 3.05) is 0 Å². The Morgan fingerprint density at radius 1 is 1.27 bits per heavy atom. The van der Waals surface area contributed by atoms with E-state index in [1.54, 1.807) is 0 Å². The van der Waals surface area contributed by atoms with Gasteiger partial charge >= 0.3 is 0 Å². The van der Waals surface area contributed by atoms with Gasteiger partial charge in [-0.15, -0.1) is 0 Å². The normalized spacial score (nSPS) is 24.8. The lowest BCUT2D eigenvalue weighted by molar-refractivity contribution is 0.101. The minimum atomic E-state index is 0.292. The van der Waals surface area contributed by atoms with Gasteiger partial charge in [-0.25, -0.2) is 0 Å². The van der Waals surface area contributed by atoms with Crippen LogP contribution in [0.15, 0.2) is 12.1 Å². The molecule has 0 heterocycles. The Morgan fingerprint density at radius 3 is 2.27 bits per heavy atom. The van der Waals surface area contributed by atoms with Gasteiger partial charge in [-0.1, -0.05) is 11.6 Å². The van der Waals surface area contributed by atoms with E-state index in [0.29, 0.717) is 12.1 Å². The number of ether oxygens (including phenoxy) is 1. The van der Waals surface area contributed by atoms with E-state index < -0.39 is 0 Å². The summed E-state index contributed by atoms with van der Waals surface area (Å²) in [4.78, 5) is 0. The molecule has 0 aliphatic heterocycles. The summed E-state index contributed by atoms with van der Waals surface area (Å²) in [6.45, 7) is 3.99. The Kier molecular flexibility index (Phi) is 2.89. The predicted molar refractivity (Wildman–Crippen MR) is 62.6 cm³/mol. The van der Waals surface area contributed by atoms with Crippen molar-refractivity contribution in [3.8, 4) is 5.75 Å². The molecular formula is C12H16ClNO. The van der Waals surface area contributed by atoms with Crippen LogP contribution >= 0.6 is 11.6 Å². The summed E-state index contributed by atoms with van der Waals surface area (Å²) >= 11 is 6.08. The van der Waals surface area contributed by atoms with Crippen molar-refractivity contribution in [1.29, 1.82) is 0 Å². The summed E-state index contributed by atoms with van der Waals surface area (Å²) in [5.74, 6) is 0.909. The molecule has 0 aromatic heterocycles. The van der Waals surface area contributed by atoms with E-state index in [9.17, 15) is 0 Å². The molecular weight excluding hydrogens is 210 g/mol. The molecule has 0 unspecified atom stereocenters. The average molecular weight is 226 g/mol. The summed E-state index contributed by atoms with van der Waals surface area (Å²) in [6, 6.07) is 4.29. The van der Waals surface area contributed by atoms with Gasteiger partial charge in [0.1, 0.15) is 11.9 Å². The minimum Gasteiger partial charge on any atom is -0.490 e. The molecule has 0 spiro atoms. The third kappa shape index (κ3) is 2.27. The van der Waals surface area contributed by atoms with Gasteiger partial charge in [-0.05, 0) is 49.9 Å². The molecule has 1 saturated carbocycles. The van der Waals surface area contributed by atoms with E-state index in [-0.39, 0.29) is 0 Å². The maximum absolute atomic E-state index is 6.08. The van der Waals surface area contributed by atoms with Crippen LogP contribution in [0.2, 0.25) is 5.02 Å². The Bertz CT molecular complexity index is 349. The number of halogens is 1. The second-order valence-corrected chi connectivity index (χ2v) is 4.72. The number of rotatable bonds is 2. The van der Waals surface area contributed by atoms with Crippen LogP contribution in [0, 0.1) is 13.8 Å². The topological polar surface area (TPSA) is 35.2 Å². The molecule has 15 heavy (non-hydrogen) atoms. The zero-order valence-corrected chi connectivity index (χ0v) is 9.84. The fourth-order valence-corrected chi connectivity index (χ4v) is 1.98. The van der Waals surface area contributed by atoms with Crippen molar-refractivity contribution in [3.05, 3.63) is 28.3 Å². The molecule has 2 N–H and O–H groups in total. The van der Waals surface area contributed by atoms with E-state index in [2.05, 4.69) is 0 Å². The van der Waals surface area contributed by atoms with Gasteiger partial charge in [0.25, 0.3) is 0 Å². The fraction of sp³-hybridized carbons (Fsp3) is 0.500. The van der Waals surface area contributed by atoms with Gasteiger partial charge in [-0.2, -0.15) is 0 Å². The van der Waals surface area contributed by atoms with Crippen LogP contribution in [0.5, 0.6) is 5.75 Å². The SMILES string of the molecule is Cc1cc(OC2CC(N)C2)cc(C)c1Cl. The van der Waals surface area contributed by atoms with Crippen LogP contribution < -0.4 is 10.5 Å². The third-order valence-electron chi connectivity index (χ3n) is 2.84. The summed E-state index contributed by atoms with van der Waals surface area (Å²) in [5, 5.41) is 0.827. The maximum Gasteiger partial charge on any atom is 0.120 e. The molecule has 1 aromatic rings. The molecule has 82 valence electrons. The van der Waals surface area contributed by atoms with Crippen LogP contribution in [0.25, 0.3) is 0 Å². The van der Waals surface area contributed by atoms with Crippen molar-refractivity contribution >= 4 is 11.6 Å². The van der Waals surface area contributed by atoms with Crippen molar-refractivity contribution in [1.82, 2.24) is 0 Å². The van der Waals surface area contributed by atoms with Crippen LogP contribution in [0.1, 0.15) is 24.0 Å². The average Bonchev–Trinajstić information content (AvgIpc) is 2.11. The summed E-state index contributed by atoms with van der Waals surface area (Å²) in [6.07, 6.45) is 2.21. The highest BCUT2D eigenvalue weighted by Crippen LogP contribution is 2.29. The largest absolute Gasteiger partial charge is 0.490 e. The highest BCUT2D eigenvalue weighted by Gasteiger charge is 2.27. The number of hydrogen-bond acceptors (Lipinski definition) is 2. The van der Waals surface area contributed by atoms with Crippen molar-refractivity contribution in [2.24, 2.45) is 5.73 Å². The van der Waals surface area contributed by atoms with Gasteiger partial charge in [0.05, 0.1) is 0 Å². The van der Waals surface area contributed by atoms with Gasteiger partial charge in [0.2, 0.25) is 0 Å². The third-order valence-corrected chi connectivity index (χ3v) is 3.44. The standard InChI is InChI=1S/C12H16ClNO/c1-7-3-10(4-8(2)12(7)13)15-11-5-9(14)6-11/h3-4,9,11H,5-6,14H2,1-2H3. The van der Waals surface area contributed by atoms with E-state index in [0.717, 1.165) is 34.7 Å². The highest BCUT2D eigenvalue weighted by atomic mass is 35.5. The number of aryl methyl sites for hydroxylation is 2. The first-order valence-corrected chi connectivity index (χ1v) is 5.63. The molecule has 1 aromatic carbocycles. The fourth-order valence-electron chi connectivity index (χ4n) is 1.87. The van der Waals surface area contributed by atoms with Gasteiger partial charge in [-0.3, -0.25) is 0 Å². The van der Waals surface area contributed by atoms with Crippen LogP contribution in [-0.2, 0) is 0 Å². The Hall–Kier alpha value is -0.730. The van der Waals surface area contributed by atoms with E-state index in [1.165, 1.54) is 0 Å². The molecule has 0 saturated heterocycles. The highest BCUT2D eigenvalue weighted by molar-refractivity contribution is 6.32. The summed E-state index contributed by atoms with van der Waals surface area (Å²) in [5.41, 5.74) is 7.84. The Morgan fingerprint density at radius 2 is 1.80 bits per heavy atom. The monoisotopic (exact) mass is 225 g/mol. The van der Waals surface area contributed by atoms with Crippen molar-refractivity contribution in [3.63, 3.8) is 0 Å². The van der Waals surface area contributed by atoms with Gasteiger partial charge in [0, 0.05) is 11.1 Å². The molecule has 2 nitrogen and oxygen atoms in total. The quantitative estimate of drug-likeness (QED) is 0.840. The summed E-state index contributed by atoms with van der Waals surface area (Å²) < 4.78 is 5.80. The first-order chi connectivity index (χ1) is 7.06. The first-order valence-electron chi connectivity index (χ1n) is 5.25. The lowest BCUT2D eigenvalue weighted by Crippen LogP contribution is -2.43. The predicted octanol–water partition coefficient (Wildman–Crippen LogP) is 2.83. The van der Waals surface area contributed by atoms with E-state index in [1.807, 2.05) is 26.0 Å². The number of benzene rings is 1. The molecule has 3 heteroatoms. The Balaban J connectivity index is 2.09. The van der Waals surface area contributed by atoms with E-state index in [4.69, 9.17) is 22.1 Å². The Labute approximate surface area is 95.4 Å². The maximum atomic E-state index is 6.08. The lowest BCUT2D eigenvalue weighted by Gasteiger charge is -2.32. The summed E-state index contributed by atoms with van der Waals surface area (Å²) in [7, 11) is 0. The molecule has 1 aliphatic carbocycles. The zero-order valence-electron chi connectivity index (χ0n) is 9.09. The zero-order chi connectivity index (χ0) is 11.0. The first kappa shape index (κ1) is 10.8. The number of hydrogen-bond donors (Lipinski definition) is 1. The molecule has 0 atom stereocenters. The molecule has 1 fully saturated rings. The van der Waals surface area contributed by atoms with Gasteiger partial charge < -0.3 is 10.5 Å². The number of nitrogens with two attached hydrogens (primary N) is 1. The molecule has 0 amide bonds. The molecule has 2 rings (SSSR count). The molecule has 1 aliphatic rings. The molecule has 0 bridgehead atoms. The minimum absolute atomic E-state index is 0.292. The second kappa shape index (κ2) is 4.03. The lowest BCUT2D eigenvalue weighted by atomic mass is 9.90.